The molecule has 3 aromatic rings. The van der Waals surface area contributed by atoms with Gasteiger partial charge in [-0.15, -0.1) is 0 Å². The highest BCUT2D eigenvalue weighted by Crippen LogP contribution is 2.25. The Morgan fingerprint density at radius 1 is 1.19 bits per heavy atom. The van der Waals surface area contributed by atoms with E-state index in [1.54, 1.807) is 13.0 Å². The number of hydrogen-bond acceptors (Lipinski definition) is 8. The number of aliphatic hydroxyl groups excluding tert-OH is 1. The molecule has 9 nitrogen and oxygen atoms in total. The third-order valence-electron chi connectivity index (χ3n) is 4.47. The topological polar surface area (TPSA) is 139 Å². The van der Waals surface area contributed by atoms with Gasteiger partial charge in [0, 0.05) is 11.9 Å². The number of carbonyl (C=O) groups excluding carboxylic acids is 2. The van der Waals surface area contributed by atoms with E-state index in [9.17, 15) is 14.7 Å². The number of anilines is 3. The largest absolute Gasteiger partial charge is 0.462 e. The fourth-order valence-corrected chi connectivity index (χ4v) is 3.19. The molecule has 1 aromatic heterocycles. The van der Waals surface area contributed by atoms with Gasteiger partial charge in [-0.05, 0) is 30.7 Å². The number of primary amides is 1. The van der Waals surface area contributed by atoms with Crippen molar-refractivity contribution in [3.05, 3.63) is 76.4 Å². The molecule has 1 heterocycles. The lowest BCUT2D eigenvalue weighted by molar-refractivity contribution is 0.0526. The molecule has 1 amide bonds. The summed E-state index contributed by atoms with van der Waals surface area (Å²) in [5.41, 5.74) is 6.90. The van der Waals surface area contributed by atoms with Gasteiger partial charge in [-0.3, -0.25) is 4.79 Å². The monoisotopic (exact) mass is 455 g/mol. The molecular weight excluding hydrogens is 434 g/mol. The Morgan fingerprint density at radius 2 is 1.94 bits per heavy atom. The summed E-state index contributed by atoms with van der Waals surface area (Å²) in [4.78, 5) is 32.3. The minimum atomic E-state index is -0.640. The van der Waals surface area contributed by atoms with Crippen LogP contribution in [0, 0.1) is 0 Å². The van der Waals surface area contributed by atoms with Crippen LogP contribution in [-0.4, -0.2) is 40.2 Å². The fourth-order valence-electron chi connectivity index (χ4n) is 2.92. The molecule has 0 aliphatic carbocycles. The van der Waals surface area contributed by atoms with Gasteiger partial charge in [0.1, 0.15) is 11.4 Å². The van der Waals surface area contributed by atoms with E-state index in [2.05, 4.69) is 20.6 Å². The van der Waals surface area contributed by atoms with Crippen molar-refractivity contribution < 1.29 is 19.4 Å². The lowest BCUT2D eigenvalue weighted by Gasteiger charge is -2.19. The average molecular weight is 456 g/mol. The minimum Gasteiger partial charge on any atom is -0.462 e. The second kappa shape index (κ2) is 10.6. The Labute approximate surface area is 189 Å². The predicted octanol–water partition coefficient (Wildman–Crippen LogP) is 3.29. The molecule has 0 saturated heterocycles. The zero-order valence-corrected chi connectivity index (χ0v) is 18.0. The molecule has 0 bridgehead atoms. The number of rotatable bonds is 9. The van der Waals surface area contributed by atoms with Crippen LogP contribution in [0.15, 0.2) is 54.7 Å². The average Bonchev–Trinajstić information content (AvgIpc) is 2.78. The first-order valence-electron chi connectivity index (χ1n) is 9.75. The van der Waals surface area contributed by atoms with Gasteiger partial charge >= 0.3 is 5.97 Å². The van der Waals surface area contributed by atoms with Gasteiger partial charge in [-0.2, -0.15) is 4.98 Å². The summed E-state index contributed by atoms with van der Waals surface area (Å²) >= 11 is 6.10. The molecule has 10 heteroatoms. The molecular formula is C22H22ClN5O4. The third kappa shape index (κ3) is 5.51. The summed E-state index contributed by atoms with van der Waals surface area (Å²) in [6.07, 6.45) is 1.33. The summed E-state index contributed by atoms with van der Waals surface area (Å²) in [7, 11) is 0. The summed E-state index contributed by atoms with van der Waals surface area (Å²) in [6.45, 7) is 1.65. The van der Waals surface area contributed by atoms with Crippen LogP contribution in [0.1, 0.15) is 39.2 Å². The number of aromatic nitrogens is 2. The van der Waals surface area contributed by atoms with Gasteiger partial charge in [0.25, 0.3) is 0 Å². The van der Waals surface area contributed by atoms with Crippen molar-refractivity contribution in [2.24, 2.45) is 5.73 Å². The molecule has 0 radical (unpaired) electrons. The number of nitrogens with two attached hydrogens (primary N) is 1. The summed E-state index contributed by atoms with van der Waals surface area (Å²) in [5, 5.41) is 16.1. The maximum Gasteiger partial charge on any atom is 0.343 e. The van der Waals surface area contributed by atoms with Crippen molar-refractivity contribution in [2.45, 2.75) is 13.0 Å². The molecule has 0 spiro atoms. The number of aliphatic hydroxyl groups is 1. The van der Waals surface area contributed by atoms with Crippen LogP contribution >= 0.6 is 11.6 Å². The van der Waals surface area contributed by atoms with Crippen LogP contribution < -0.4 is 16.4 Å². The Kier molecular flexibility index (Phi) is 7.58. The van der Waals surface area contributed by atoms with Crippen molar-refractivity contribution >= 4 is 40.9 Å². The number of benzene rings is 2. The zero-order chi connectivity index (χ0) is 23.1. The van der Waals surface area contributed by atoms with Gasteiger partial charge in [-0.25, -0.2) is 9.78 Å². The van der Waals surface area contributed by atoms with E-state index in [-0.39, 0.29) is 41.1 Å². The first-order valence-corrected chi connectivity index (χ1v) is 10.1. The van der Waals surface area contributed by atoms with E-state index in [0.717, 1.165) is 5.56 Å². The van der Waals surface area contributed by atoms with Crippen LogP contribution in [0.5, 0.6) is 0 Å². The molecule has 0 aliphatic rings. The molecule has 32 heavy (non-hydrogen) atoms. The lowest BCUT2D eigenvalue weighted by Crippen LogP contribution is -2.19. The van der Waals surface area contributed by atoms with Crippen molar-refractivity contribution in [2.75, 3.05) is 23.8 Å². The molecule has 1 atom stereocenters. The molecule has 5 N–H and O–H groups in total. The van der Waals surface area contributed by atoms with Crippen LogP contribution in [-0.2, 0) is 4.74 Å². The summed E-state index contributed by atoms with van der Waals surface area (Å²) < 4.78 is 5.10. The van der Waals surface area contributed by atoms with Crippen LogP contribution in [0.2, 0.25) is 5.02 Å². The minimum absolute atomic E-state index is 0.119. The van der Waals surface area contributed by atoms with E-state index in [4.69, 9.17) is 22.1 Å². The van der Waals surface area contributed by atoms with Crippen LogP contribution in [0.3, 0.4) is 0 Å². The highest BCUT2D eigenvalue weighted by Gasteiger charge is 2.20. The van der Waals surface area contributed by atoms with Crippen molar-refractivity contribution in [1.82, 2.24) is 9.97 Å². The third-order valence-corrected chi connectivity index (χ3v) is 4.78. The maximum atomic E-state index is 12.4. The number of nitrogens with one attached hydrogen (secondary N) is 2. The Hall–Kier alpha value is -3.69. The van der Waals surface area contributed by atoms with Crippen molar-refractivity contribution in [1.29, 1.82) is 0 Å². The predicted molar refractivity (Wildman–Crippen MR) is 121 cm³/mol. The maximum absolute atomic E-state index is 12.4. The van der Waals surface area contributed by atoms with Gasteiger partial charge in [-0.1, -0.05) is 41.9 Å². The van der Waals surface area contributed by atoms with Gasteiger partial charge in [0.2, 0.25) is 11.9 Å². The normalized spacial score (nSPS) is 11.5. The number of amides is 1. The molecule has 166 valence electrons. The Bertz CT molecular complexity index is 1110. The first kappa shape index (κ1) is 23.0. The molecule has 3 rings (SSSR count). The fraction of sp³-hybridized carbons (Fsp3) is 0.182. The zero-order valence-electron chi connectivity index (χ0n) is 17.2. The first-order chi connectivity index (χ1) is 15.4. The van der Waals surface area contributed by atoms with Crippen molar-refractivity contribution in [3.8, 4) is 0 Å². The number of esters is 1. The number of nitrogens with zero attached hydrogens (tertiary/aromatic N) is 2. The standard InChI is InChI=1S/C22H22ClN5O4/c1-2-32-21(31)16-11-25-22(26-14-8-9-15(19(24)30)17(23)10-14)28-20(16)27-18(12-29)13-6-4-3-5-7-13/h3-11,18,29H,2,12H2,1H3,(H2,24,30)(H2,25,26,27,28)/t18-/m1/s1. The highest BCUT2D eigenvalue weighted by molar-refractivity contribution is 6.34. The molecule has 2 aromatic carbocycles. The molecule has 0 aliphatic heterocycles. The molecule has 0 saturated carbocycles. The van der Waals surface area contributed by atoms with E-state index >= 15 is 0 Å². The van der Waals surface area contributed by atoms with E-state index < -0.39 is 17.9 Å². The smallest absolute Gasteiger partial charge is 0.343 e. The number of halogens is 1. The van der Waals surface area contributed by atoms with E-state index in [1.165, 1.54) is 18.3 Å². The van der Waals surface area contributed by atoms with E-state index in [1.807, 2.05) is 30.3 Å². The Morgan fingerprint density at radius 3 is 2.56 bits per heavy atom. The van der Waals surface area contributed by atoms with Crippen LogP contribution in [0.25, 0.3) is 0 Å². The Balaban J connectivity index is 1.93. The van der Waals surface area contributed by atoms with Gasteiger partial charge in [0.15, 0.2) is 0 Å². The SMILES string of the molecule is CCOC(=O)c1cnc(Nc2ccc(C(N)=O)c(Cl)c2)nc1N[C@H](CO)c1ccccc1. The van der Waals surface area contributed by atoms with Crippen molar-refractivity contribution in [3.63, 3.8) is 0 Å². The van der Waals surface area contributed by atoms with Gasteiger partial charge < -0.3 is 26.2 Å². The number of carbonyl (C=O) groups is 2. The number of hydrogen-bond donors (Lipinski definition) is 4. The second-order valence-electron chi connectivity index (χ2n) is 6.65. The van der Waals surface area contributed by atoms with Gasteiger partial charge in [0.05, 0.1) is 29.8 Å². The second-order valence-corrected chi connectivity index (χ2v) is 7.06. The molecule has 0 unspecified atom stereocenters. The quantitative estimate of drug-likeness (QED) is 0.360. The highest BCUT2D eigenvalue weighted by atomic mass is 35.5. The lowest BCUT2D eigenvalue weighted by atomic mass is 10.1. The van der Waals surface area contributed by atoms with E-state index in [0.29, 0.717) is 5.69 Å². The number of ether oxygens (including phenoxy) is 1. The summed E-state index contributed by atoms with van der Waals surface area (Å²) in [5.74, 6) is -0.893. The van der Waals surface area contributed by atoms with Crippen LogP contribution in [0.4, 0.5) is 17.5 Å². The summed E-state index contributed by atoms with van der Waals surface area (Å²) in [6, 6.07) is 13.3. The molecule has 0 fully saturated rings.